The zero-order valence-corrected chi connectivity index (χ0v) is 18.3. The van der Waals surface area contributed by atoms with Crippen molar-refractivity contribution in [3.8, 4) is 0 Å². The van der Waals surface area contributed by atoms with E-state index in [-0.39, 0.29) is 33.8 Å². The molecule has 1 aromatic heterocycles. The first-order chi connectivity index (χ1) is 15.5. The molecule has 1 N–H and O–H groups in total. The number of alkyl halides is 2. The molecule has 0 spiro atoms. The van der Waals surface area contributed by atoms with Crippen LogP contribution in [0.1, 0.15) is 30.4 Å². The number of carbonyl (C=O) groups excluding carboxylic acids is 2. The number of halogens is 2. The molecule has 0 saturated carbocycles. The first-order valence-corrected chi connectivity index (χ1v) is 11.2. The number of rotatable bonds is 7. The second kappa shape index (κ2) is 9.45. The van der Waals surface area contributed by atoms with Crippen molar-refractivity contribution in [1.29, 1.82) is 0 Å². The molecule has 9 nitrogen and oxygen atoms in total. The summed E-state index contributed by atoms with van der Waals surface area (Å²) in [4.78, 5) is 36.7. The summed E-state index contributed by atoms with van der Waals surface area (Å²) < 4.78 is 54.2. The number of nitrogens with zero attached hydrogens (tertiary/aromatic N) is 2. The van der Waals surface area contributed by atoms with E-state index in [1.807, 2.05) is 0 Å². The Morgan fingerprint density at radius 3 is 2.24 bits per heavy atom. The van der Waals surface area contributed by atoms with Gasteiger partial charge in [0.25, 0.3) is 11.5 Å². The van der Waals surface area contributed by atoms with Crippen LogP contribution in [0.3, 0.4) is 0 Å². The Labute approximate surface area is 186 Å². The summed E-state index contributed by atoms with van der Waals surface area (Å²) >= 11 is 0. The Morgan fingerprint density at radius 1 is 1.06 bits per heavy atom. The lowest BCUT2D eigenvalue weighted by molar-refractivity contribution is -0.119. The van der Waals surface area contributed by atoms with Crippen molar-refractivity contribution in [3.63, 3.8) is 0 Å². The number of hydrogen-bond donors (Lipinski definition) is 1. The van der Waals surface area contributed by atoms with Gasteiger partial charge in [-0.15, -0.1) is 0 Å². The van der Waals surface area contributed by atoms with Crippen LogP contribution in [0.2, 0.25) is 0 Å². The van der Waals surface area contributed by atoms with Gasteiger partial charge in [0.1, 0.15) is 0 Å². The average molecular weight is 479 g/mol. The number of nitrogens with one attached hydrogen (secondary N) is 1. The van der Waals surface area contributed by atoms with E-state index in [1.54, 1.807) is 38.1 Å². The number of hydrogen-bond acceptors (Lipinski definition) is 7. The third kappa shape index (κ3) is 5.06. The summed E-state index contributed by atoms with van der Waals surface area (Å²) in [5.41, 5.74) is -0.387. The fraction of sp³-hybridized carbons (Fsp3) is 0.238. The lowest BCUT2D eigenvalue weighted by Gasteiger charge is -2.13. The topological polar surface area (TPSA) is 124 Å². The highest BCUT2D eigenvalue weighted by molar-refractivity contribution is 7.91. The van der Waals surface area contributed by atoms with E-state index in [4.69, 9.17) is 4.74 Å². The number of amides is 1. The number of sulfone groups is 1. The fourth-order valence-corrected chi connectivity index (χ4v) is 3.66. The molecule has 1 amide bonds. The van der Waals surface area contributed by atoms with E-state index in [9.17, 15) is 31.6 Å². The smallest absolute Gasteiger partial charge is 0.359 e. The molecule has 0 unspecified atom stereocenters. The molecule has 0 radical (unpaired) electrons. The number of aromatic nitrogens is 2. The van der Waals surface area contributed by atoms with Crippen LogP contribution < -0.4 is 10.9 Å². The monoisotopic (exact) mass is 479 g/mol. The van der Waals surface area contributed by atoms with Crippen LogP contribution in [0, 0.1) is 0 Å². The molecule has 1 heterocycles. The SMILES string of the molecule is CC(C)n1nc(C(=O)OCC(=O)Nc2ccc(S(=O)(=O)C(F)F)cc2)c2ccccc2c1=O. The van der Waals surface area contributed by atoms with Gasteiger partial charge in [-0.25, -0.2) is 17.9 Å². The molecule has 12 heteroatoms. The summed E-state index contributed by atoms with van der Waals surface area (Å²) in [6, 6.07) is 10.2. The van der Waals surface area contributed by atoms with Crippen molar-refractivity contribution in [2.75, 3.05) is 11.9 Å². The molecule has 3 rings (SSSR count). The second-order valence-corrected chi connectivity index (χ2v) is 9.11. The maximum absolute atomic E-state index is 12.6. The molecule has 0 aliphatic rings. The second-order valence-electron chi connectivity index (χ2n) is 7.19. The summed E-state index contributed by atoms with van der Waals surface area (Å²) in [7, 11) is -4.75. The van der Waals surface area contributed by atoms with Crippen LogP contribution in [-0.4, -0.2) is 42.4 Å². The van der Waals surface area contributed by atoms with Gasteiger partial charge in [0.15, 0.2) is 12.3 Å². The van der Waals surface area contributed by atoms with Gasteiger partial charge >= 0.3 is 11.7 Å². The van der Waals surface area contributed by atoms with Gasteiger partial charge < -0.3 is 10.1 Å². The maximum Gasteiger partial charge on any atom is 0.359 e. The highest BCUT2D eigenvalue weighted by Crippen LogP contribution is 2.20. The summed E-state index contributed by atoms with van der Waals surface area (Å²) in [5.74, 6) is -5.24. The number of fused-ring (bicyclic) bond motifs is 1. The number of carbonyl (C=O) groups is 2. The molecule has 0 aliphatic carbocycles. The van der Waals surface area contributed by atoms with Crippen LogP contribution in [0.15, 0.2) is 58.2 Å². The van der Waals surface area contributed by atoms with E-state index in [1.165, 1.54) is 0 Å². The summed E-state index contributed by atoms with van der Waals surface area (Å²) in [6.45, 7) is 2.75. The number of anilines is 1. The predicted octanol–water partition coefficient (Wildman–Crippen LogP) is 2.77. The minimum atomic E-state index is -4.75. The van der Waals surface area contributed by atoms with Crippen LogP contribution >= 0.6 is 0 Å². The Kier molecular flexibility index (Phi) is 6.86. The van der Waals surface area contributed by atoms with Gasteiger partial charge in [-0.1, -0.05) is 18.2 Å². The Bertz CT molecular complexity index is 1370. The number of benzene rings is 2. The van der Waals surface area contributed by atoms with E-state index in [2.05, 4.69) is 10.4 Å². The predicted molar refractivity (Wildman–Crippen MR) is 115 cm³/mol. The molecule has 0 saturated heterocycles. The van der Waals surface area contributed by atoms with Crippen LogP contribution in [0.5, 0.6) is 0 Å². The van der Waals surface area contributed by atoms with Crippen LogP contribution in [0.25, 0.3) is 10.8 Å². The molecule has 3 aromatic rings. The molecule has 0 atom stereocenters. The average Bonchev–Trinajstić information content (AvgIpc) is 2.78. The zero-order valence-electron chi connectivity index (χ0n) is 17.5. The van der Waals surface area contributed by atoms with E-state index < -0.39 is 39.0 Å². The highest BCUT2D eigenvalue weighted by Gasteiger charge is 2.26. The van der Waals surface area contributed by atoms with Crippen LogP contribution in [-0.2, 0) is 19.4 Å². The molecular formula is C21H19F2N3O6S. The quantitative estimate of drug-likeness (QED) is 0.517. The molecule has 0 bridgehead atoms. The first-order valence-electron chi connectivity index (χ1n) is 9.63. The van der Waals surface area contributed by atoms with Crippen molar-refractivity contribution in [1.82, 2.24) is 9.78 Å². The van der Waals surface area contributed by atoms with E-state index in [0.29, 0.717) is 0 Å². The maximum atomic E-state index is 12.6. The molecule has 174 valence electrons. The van der Waals surface area contributed by atoms with Crippen molar-refractivity contribution < 1.29 is 31.5 Å². The standard InChI is InChI=1S/C21H19F2N3O6S/c1-12(2)26-19(28)16-6-4-3-5-15(16)18(25-26)20(29)32-11-17(27)24-13-7-9-14(10-8-13)33(30,31)21(22)23/h3-10,12,21H,11H2,1-2H3,(H,24,27). The van der Waals surface area contributed by atoms with Crippen molar-refractivity contribution in [2.24, 2.45) is 0 Å². The lowest BCUT2D eigenvalue weighted by Crippen LogP contribution is -2.28. The Morgan fingerprint density at radius 2 is 1.67 bits per heavy atom. The summed E-state index contributed by atoms with van der Waals surface area (Å²) in [6.07, 6.45) is 0. The molecular weight excluding hydrogens is 460 g/mol. The normalized spacial score (nSPS) is 11.7. The van der Waals surface area contributed by atoms with Gasteiger partial charge in [-0.3, -0.25) is 9.59 Å². The molecule has 0 fully saturated rings. The largest absolute Gasteiger partial charge is 0.451 e. The minimum Gasteiger partial charge on any atom is -0.451 e. The number of esters is 1. The van der Waals surface area contributed by atoms with Gasteiger partial charge in [-0.05, 0) is 44.2 Å². The molecule has 2 aromatic carbocycles. The third-order valence-corrected chi connectivity index (χ3v) is 5.94. The Hall–Kier alpha value is -3.67. The lowest BCUT2D eigenvalue weighted by atomic mass is 10.1. The van der Waals surface area contributed by atoms with Gasteiger partial charge in [-0.2, -0.15) is 13.9 Å². The number of ether oxygens (including phenoxy) is 1. The van der Waals surface area contributed by atoms with Crippen LogP contribution in [0.4, 0.5) is 14.5 Å². The molecule has 33 heavy (non-hydrogen) atoms. The van der Waals surface area contributed by atoms with Gasteiger partial charge in [0.2, 0.25) is 9.84 Å². The van der Waals surface area contributed by atoms with E-state index in [0.717, 1.165) is 28.9 Å². The first kappa shape index (κ1) is 24.0. The summed E-state index contributed by atoms with van der Waals surface area (Å²) in [5, 5.41) is 7.00. The van der Waals surface area contributed by atoms with Gasteiger partial charge in [0.05, 0.1) is 16.3 Å². The fourth-order valence-electron chi connectivity index (χ4n) is 2.93. The third-order valence-electron chi connectivity index (χ3n) is 4.55. The van der Waals surface area contributed by atoms with Crippen molar-refractivity contribution in [3.05, 3.63) is 64.6 Å². The van der Waals surface area contributed by atoms with E-state index >= 15 is 0 Å². The van der Waals surface area contributed by atoms with Crippen molar-refractivity contribution >= 4 is 38.2 Å². The zero-order chi connectivity index (χ0) is 24.3. The molecule has 0 aliphatic heterocycles. The Balaban J connectivity index is 1.73. The van der Waals surface area contributed by atoms with Gasteiger partial charge in [0, 0.05) is 11.1 Å². The minimum absolute atomic E-state index is 0.112. The van der Waals surface area contributed by atoms with Crippen molar-refractivity contribution in [2.45, 2.75) is 30.5 Å². The highest BCUT2D eigenvalue weighted by atomic mass is 32.2.